The maximum atomic E-state index is 13.8. The second kappa shape index (κ2) is 5.60. The second-order valence-corrected chi connectivity index (χ2v) is 5.16. The van der Waals surface area contributed by atoms with Crippen molar-refractivity contribution < 1.29 is 4.39 Å². The summed E-state index contributed by atoms with van der Waals surface area (Å²) < 4.78 is 14.7. The molecule has 0 amide bonds. The normalized spacial score (nSPS) is 12.2. The van der Waals surface area contributed by atoms with E-state index in [9.17, 15) is 4.39 Å². The first-order chi connectivity index (χ1) is 8.61. The molecule has 1 unspecified atom stereocenters. The number of hydrogen-bond donors (Lipinski definition) is 0. The standard InChI is InChI=1S/C13H13FIN3/c1-9(10-5-3-4-6-11(10)14)18(2)13-12(15)7-16-8-17-13/h3-9H,1-2H3. The highest BCUT2D eigenvalue weighted by Crippen LogP contribution is 2.27. The predicted molar refractivity (Wildman–Crippen MR) is 78.0 cm³/mol. The Morgan fingerprint density at radius 1 is 1.33 bits per heavy atom. The zero-order chi connectivity index (χ0) is 13.1. The van der Waals surface area contributed by atoms with Crippen LogP contribution in [-0.4, -0.2) is 17.0 Å². The van der Waals surface area contributed by atoms with E-state index in [1.165, 1.54) is 12.4 Å². The summed E-state index contributed by atoms with van der Waals surface area (Å²) in [6.07, 6.45) is 3.25. The van der Waals surface area contributed by atoms with Gasteiger partial charge < -0.3 is 4.90 Å². The van der Waals surface area contributed by atoms with Crippen molar-refractivity contribution >= 4 is 28.4 Å². The third-order valence-electron chi connectivity index (χ3n) is 2.92. The molecular weight excluding hydrogens is 344 g/mol. The minimum atomic E-state index is -0.194. The van der Waals surface area contributed by atoms with Crippen LogP contribution in [0.4, 0.5) is 10.2 Å². The van der Waals surface area contributed by atoms with Crippen LogP contribution >= 0.6 is 22.6 Å². The molecule has 2 aromatic rings. The van der Waals surface area contributed by atoms with Gasteiger partial charge in [-0.25, -0.2) is 14.4 Å². The number of rotatable bonds is 3. The molecule has 1 aromatic carbocycles. The maximum absolute atomic E-state index is 13.8. The topological polar surface area (TPSA) is 29.0 Å². The molecule has 0 aliphatic carbocycles. The minimum absolute atomic E-state index is 0.0883. The number of nitrogens with zero attached hydrogens (tertiary/aromatic N) is 3. The van der Waals surface area contributed by atoms with E-state index >= 15 is 0 Å². The monoisotopic (exact) mass is 357 g/mol. The largest absolute Gasteiger partial charge is 0.352 e. The lowest BCUT2D eigenvalue weighted by atomic mass is 10.1. The summed E-state index contributed by atoms with van der Waals surface area (Å²) in [5.74, 6) is 0.613. The molecule has 0 aliphatic rings. The first kappa shape index (κ1) is 13.2. The number of aromatic nitrogens is 2. The van der Waals surface area contributed by atoms with E-state index in [0.29, 0.717) is 5.56 Å². The summed E-state index contributed by atoms with van der Waals surface area (Å²) in [6.45, 7) is 1.95. The minimum Gasteiger partial charge on any atom is -0.352 e. The Hall–Kier alpha value is -1.24. The Morgan fingerprint density at radius 2 is 2.06 bits per heavy atom. The fourth-order valence-corrected chi connectivity index (χ4v) is 2.45. The van der Waals surface area contributed by atoms with Gasteiger partial charge in [0.2, 0.25) is 0 Å². The molecule has 0 fully saturated rings. The molecule has 0 radical (unpaired) electrons. The molecule has 0 saturated heterocycles. The van der Waals surface area contributed by atoms with Gasteiger partial charge in [-0.1, -0.05) is 18.2 Å². The SMILES string of the molecule is CC(c1ccccc1F)N(C)c1ncncc1I. The quantitative estimate of drug-likeness (QED) is 0.789. The first-order valence-electron chi connectivity index (χ1n) is 5.54. The fraction of sp³-hybridized carbons (Fsp3) is 0.231. The van der Waals surface area contributed by atoms with Crippen molar-refractivity contribution in [3.8, 4) is 0 Å². The van der Waals surface area contributed by atoms with Gasteiger partial charge in [0.1, 0.15) is 18.0 Å². The summed E-state index contributed by atoms with van der Waals surface area (Å²) in [5.41, 5.74) is 0.661. The maximum Gasteiger partial charge on any atom is 0.145 e. The van der Waals surface area contributed by atoms with Crippen LogP contribution in [0, 0.1) is 9.39 Å². The molecule has 1 aromatic heterocycles. The van der Waals surface area contributed by atoms with Crippen molar-refractivity contribution in [1.29, 1.82) is 0 Å². The summed E-state index contributed by atoms with van der Waals surface area (Å²) in [4.78, 5) is 10.1. The van der Waals surface area contributed by atoms with E-state index in [2.05, 4.69) is 32.6 Å². The van der Waals surface area contributed by atoms with E-state index in [-0.39, 0.29) is 11.9 Å². The average Bonchev–Trinajstić information content (AvgIpc) is 2.38. The number of anilines is 1. The fourth-order valence-electron chi connectivity index (χ4n) is 1.77. The average molecular weight is 357 g/mol. The van der Waals surface area contributed by atoms with Crippen molar-refractivity contribution in [3.63, 3.8) is 0 Å². The Kier molecular flexibility index (Phi) is 4.11. The summed E-state index contributed by atoms with van der Waals surface area (Å²) >= 11 is 2.18. The van der Waals surface area contributed by atoms with E-state index in [0.717, 1.165) is 9.39 Å². The number of hydrogen-bond acceptors (Lipinski definition) is 3. The van der Waals surface area contributed by atoms with E-state index in [1.54, 1.807) is 18.3 Å². The van der Waals surface area contributed by atoms with Crippen molar-refractivity contribution in [2.75, 3.05) is 11.9 Å². The highest BCUT2D eigenvalue weighted by molar-refractivity contribution is 14.1. The lowest BCUT2D eigenvalue weighted by Gasteiger charge is -2.27. The molecule has 0 saturated carbocycles. The summed E-state index contributed by atoms with van der Waals surface area (Å²) in [6, 6.07) is 6.72. The lowest BCUT2D eigenvalue weighted by molar-refractivity contribution is 0.583. The molecule has 0 spiro atoms. The van der Waals surface area contributed by atoms with Crippen molar-refractivity contribution in [2.45, 2.75) is 13.0 Å². The Balaban J connectivity index is 2.33. The lowest BCUT2D eigenvalue weighted by Crippen LogP contribution is -2.24. The molecular formula is C13H13FIN3. The second-order valence-electron chi connectivity index (χ2n) is 4.00. The smallest absolute Gasteiger partial charge is 0.145 e. The molecule has 0 aliphatic heterocycles. The van der Waals surface area contributed by atoms with Gasteiger partial charge in [-0.05, 0) is 35.6 Å². The van der Waals surface area contributed by atoms with E-state index in [4.69, 9.17) is 0 Å². The zero-order valence-electron chi connectivity index (χ0n) is 10.1. The molecule has 0 N–H and O–H groups in total. The first-order valence-corrected chi connectivity index (χ1v) is 6.62. The van der Waals surface area contributed by atoms with Gasteiger partial charge in [0.05, 0.1) is 9.61 Å². The van der Waals surface area contributed by atoms with Crippen LogP contribution < -0.4 is 4.90 Å². The third-order valence-corrected chi connectivity index (χ3v) is 3.68. The van der Waals surface area contributed by atoms with Gasteiger partial charge in [-0.3, -0.25) is 0 Å². The number of benzene rings is 1. The highest BCUT2D eigenvalue weighted by atomic mass is 127. The van der Waals surface area contributed by atoms with Crippen molar-refractivity contribution in [3.05, 3.63) is 51.7 Å². The van der Waals surface area contributed by atoms with Crippen LogP contribution in [0.5, 0.6) is 0 Å². The molecule has 1 atom stereocenters. The van der Waals surface area contributed by atoms with Gasteiger partial charge in [0.15, 0.2) is 0 Å². The Morgan fingerprint density at radius 3 is 2.72 bits per heavy atom. The van der Waals surface area contributed by atoms with Crippen LogP contribution in [0.25, 0.3) is 0 Å². The Bertz CT molecular complexity index is 498. The summed E-state index contributed by atoms with van der Waals surface area (Å²) in [7, 11) is 1.90. The van der Waals surface area contributed by atoms with Crippen molar-refractivity contribution in [2.24, 2.45) is 0 Å². The van der Waals surface area contributed by atoms with Gasteiger partial charge in [0, 0.05) is 18.8 Å². The van der Waals surface area contributed by atoms with Crippen molar-refractivity contribution in [1.82, 2.24) is 9.97 Å². The third kappa shape index (κ3) is 2.60. The van der Waals surface area contributed by atoms with Crippen LogP contribution in [0.1, 0.15) is 18.5 Å². The predicted octanol–water partition coefficient (Wildman–Crippen LogP) is 3.42. The van der Waals surface area contributed by atoms with Crippen LogP contribution in [0.15, 0.2) is 36.8 Å². The molecule has 5 heteroatoms. The van der Waals surface area contributed by atoms with Gasteiger partial charge >= 0.3 is 0 Å². The molecule has 2 rings (SSSR count). The molecule has 94 valence electrons. The summed E-state index contributed by atoms with van der Waals surface area (Å²) in [5, 5.41) is 0. The molecule has 1 heterocycles. The molecule has 0 bridgehead atoms. The zero-order valence-corrected chi connectivity index (χ0v) is 12.3. The molecule has 3 nitrogen and oxygen atoms in total. The van der Waals surface area contributed by atoms with Gasteiger partial charge in [-0.2, -0.15) is 0 Å². The van der Waals surface area contributed by atoms with Gasteiger partial charge in [0.25, 0.3) is 0 Å². The van der Waals surface area contributed by atoms with E-state index in [1.807, 2.05) is 24.9 Å². The number of halogens is 2. The molecule has 18 heavy (non-hydrogen) atoms. The highest BCUT2D eigenvalue weighted by Gasteiger charge is 2.18. The van der Waals surface area contributed by atoms with Crippen LogP contribution in [-0.2, 0) is 0 Å². The Labute approximate surface area is 119 Å². The van der Waals surface area contributed by atoms with Crippen LogP contribution in [0.2, 0.25) is 0 Å². The van der Waals surface area contributed by atoms with Crippen LogP contribution in [0.3, 0.4) is 0 Å². The van der Waals surface area contributed by atoms with Gasteiger partial charge in [-0.15, -0.1) is 0 Å². The van der Waals surface area contributed by atoms with E-state index < -0.39 is 0 Å².